The Labute approximate surface area is 122 Å². The van der Waals surface area contributed by atoms with Crippen molar-refractivity contribution >= 4 is 33.3 Å². The van der Waals surface area contributed by atoms with Crippen LogP contribution in [0.2, 0.25) is 0 Å². The van der Waals surface area contributed by atoms with Crippen LogP contribution in [0.4, 0.5) is 0 Å². The Morgan fingerprint density at radius 2 is 2.00 bits per heavy atom. The molecule has 0 unspecified atom stereocenters. The van der Waals surface area contributed by atoms with Crippen molar-refractivity contribution in [1.29, 1.82) is 0 Å². The molecule has 1 rings (SSSR count). The van der Waals surface area contributed by atoms with Crippen LogP contribution in [-0.4, -0.2) is 18.3 Å². The summed E-state index contributed by atoms with van der Waals surface area (Å²) in [6, 6.07) is 5.51. The summed E-state index contributed by atoms with van der Waals surface area (Å²) in [5.74, 6) is 1.42. The largest absolute Gasteiger partial charge is 0.493 e. The van der Waals surface area contributed by atoms with Crippen LogP contribution < -0.4 is 4.74 Å². The van der Waals surface area contributed by atoms with Crippen molar-refractivity contribution in [1.82, 2.24) is 0 Å². The highest BCUT2D eigenvalue weighted by Gasteiger charge is 2.08. The predicted octanol–water partition coefficient (Wildman–Crippen LogP) is 4.83. The van der Waals surface area contributed by atoms with E-state index in [2.05, 4.69) is 15.9 Å². The molecule has 0 saturated heterocycles. The maximum Gasteiger partial charge on any atom is 0.163 e. The van der Waals surface area contributed by atoms with E-state index in [1.165, 1.54) is 0 Å². The summed E-state index contributed by atoms with van der Waals surface area (Å²) in [6.07, 6.45) is 4.29. The van der Waals surface area contributed by atoms with Gasteiger partial charge in [-0.05, 0) is 38.0 Å². The quantitative estimate of drug-likeness (QED) is 0.387. The van der Waals surface area contributed by atoms with Crippen LogP contribution in [-0.2, 0) is 0 Å². The zero-order chi connectivity index (χ0) is 13.4. The molecule has 0 spiro atoms. The highest BCUT2D eigenvalue weighted by molar-refractivity contribution is 9.10. The lowest BCUT2D eigenvalue weighted by Crippen LogP contribution is -2.03. The molecular formula is C14H18BrClO2. The Kier molecular flexibility index (Phi) is 7.36. The number of ketones is 1. The average molecular weight is 334 g/mol. The lowest BCUT2D eigenvalue weighted by Gasteiger charge is -2.10. The van der Waals surface area contributed by atoms with Gasteiger partial charge in [0.2, 0.25) is 0 Å². The fourth-order valence-corrected chi connectivity index (χ4v) is 2.19. The van der Waals surface area contributed by atoms with E-state index in [1.54, 1.807) is 13.0 Å². The third-order valence-corrected chi connectivity index (χ3v) is 3.37. The molecule has 0 aliphatic rings. The van der Waals surface area contributed by atoms with E-state index in [4.69, 9.17) is 16.3 Å². The number of Topliss-reactive ketones (excluding diaryl/α,β-unsaturated/α-hetero) is 1. The first-order chi connectivity index (χ1) is 8.65. The summed E-state index contributed by atoms with van der Waals surface area (Å²) in [5, 5.41) is 0. The number of carbonyl (C=O) groups excluding carboxylic acids is 1. The number of hydrogen-bond acceptors (Lipinski definition) is 2. The van der Waals surface area contributed by atoms with Gasteiger partial charge >= 0.3 is 0 Å². The second kappa shape index (κ2) is 8.54. The Morgan fingerprint density at radius 3 is 2.67 bits per heavy atom. The normalized spacial score (nSPS) is 10.4. The Hall–Kier alpha value is -0.540. The molecule has 0 aliphatic heterocycles. The molecule has 0 fully saturated rings. The van der Waals surface area contributed by atoms with Crippen LogP contribution in [0.25, 0.3) is 0 Å². The van der Waals surface area contributed by atoms with Crippen molar-refractivity contribution in [2.45, 2.75) is 32.6 Å². The summed E-state index contributed by atoms with van der Waals surface area (Å²) in [4.78, 5) is 11.5. The first-order valence-electron chi connectivity index (χ1n) is 6.14. The molecule has 0 bridgehead atoms. The molecule has 0 N–H and O–H groups in total. The van der Waals surface area contributed by atoms with E-state index in [0.29, 0.717) is 17.9 Å². The molecule has 2 nitrogen and oxygen atoms in total. The van der Waals surface area contributed by atoms with Gasteiger partial charge in [-0.15, -0.1) is 11.6 Å². The van der Waals surface area contributed by atoms with Crippen molar-refractivity contribution in [2.75, 3.05) is 12.5 Å². The fraction of sp³-hybridized carbons (Fsp3) is 0.500. The minimum Gasteiger partial charge on any atom is -0.493 e. The summed E-state index contributed by atoms with van der Waals surface area (Å²) >= 11 is 8.96. The molecule has 0 atom stereocenters. The van der Waals surface area contributed by atoms with E-state index in [0.717, 1.165) is 36.0 Å². The van der Waals surface area contributed by atoms with Crippen molar-refractivity contribution in [3.05, 3.63) is 28.2 Å². The highest BCUT2D eigenvalue weighted by Crippen LogP contribution is 2.24. The van der Waals surface area contributed by atoms with Gasteiger partial charge < -0.3 is 4.74 Å². The van der Waals surface area contributed by atoms with Gasteiger partial charge in [0.05, 0.1) is 12.2 Å². The summed E-state index contributed by atoms with van der Waals surface area (Å²) in [6.45, 7) is 2.19. The topological polar surface area (TPSA) is 26.3 Å². The minimum atomic E-state index is 0.0217. The van der Waals surface area contributed by atoms with Crippen molar-refractivity contribution < 1.29 is 9.53 Å². The number of unbranched alkanes of at least 4 members (excludes halogenated alkanes) is 3. The Balaban J connectivity index is 2.44. The molecular weight excluding hydrogens is 316 g/mol. The Morgan fingerprint density at radius 1 is 1.28 bits per heavy atom. The molecule has 18 heavy (non-hydrogen) atoms. The van der Waals surface area contributed by atoms with Crippen LogP contribution in [0, 0.1) is 0 Å². The SMILES string of the molecule is CC(=O)c1cc(Br)ccc1OCCCCCCCl. The number of halogens is 2. The monoisotopic (exact) mass is 332 g/mol. The number of alkyl halides is 1. The maximum absolute atomic E-state index is 11.5. The highest BCUT2D eigenvalue weighted by atomic mass is 79.9. The van der Waals surface area contributed by atoms with Crippen molar-refractivity contribution in [3.63, 3.8) is 0 Å². The number of hydrogen-bond donors (Lipinski definition) is 0. The molecule has 0 radical (unpaired) electrons. The number of carbonyl (C=O) groups is 1. The Bertz CT molecular complexity index is 393. The second-order valence-electron chi connectivity index (χ2n) is 4.15. The smallest absolute Gasteiger partial charge is 0.163 e. The zero-order valence-corrected chi connectivity index (χ0v) is 12.9. The molecule has 0 saturated carbocycles. The van der Waals surface area contributed by atoms with Gasteiger partial charge in [-0.1, -0.05) is 28.8 Å². The first kappa shape index (κ1) is 15.5. The number of ether oxygens (including phenoxy) is 1. The van der Waals surface area contributed by atoms with E-state index >= 15 is 0 Å². The zero-order valence-electron chi connectivity index (χ0n) is 10.5. The molecule has 0 aromatic heterocycles. The third kappa shape index (κ3) is 5.40. The third-order valence-electron chi connectivity index (χ3n) is 2.61. The summed E-state index contributed by atoms with van der Waals surface area (Å²) in [5.41, 5.74) is 0.630. The van der Waals surface area contributed by atoms with Gasteiger partial charge in [-0.25, -0.2) is 0 Å². The van der Waals surface area contributed by atoms with Crippen LogP contribution in [0.1, 0.15) is 43.0 Å². The molecule has 100 valence electrons. The van der Waals surface area contributed by atoms with Crippen LogP contribution in [0.5, 0.6) is 5.75 Å². The second-order valence-corrected chi connectivity index (χ2v) is 5.44. The standard InChI is InChI=1S/C14H18BrClO2/c1-11(17)13-10-12(15)6-7-14(13)18-9-5-3-2-4-8-16/h6-7,10H,2-5,8-9H2,1H3. The average Bonchev–Trinajstić information content (AvgIpc) is 2.35. The minimum absolute atomic E-state index is 0.0217. The van der Waals surface area contributed by atoms with E-state index in [1.807, 2.05) is 12.1 Å². The molecule has 1 aromatic carbocycles. The predicted molar refractivity (Wildman–Crippen MR) is 78.8 cm³/mol. The lowest BCUT2D eigenvalue weighted by molar-refractivity contribution is 0.101. The van der Waals surface area contributed by atoms with Crippen molar-refractivity contribution in [3.8, 4) is 5.75 Å². The molecule has 1 aromatic rings. The van der Waals surface area contributed by atoms with Crippen molar-refractivity contribution in [2.24, 2.45) is 0 Å². The molecule has 4 heteroatoms. The molecule has 0 heterocycles. The van der Waals surface area contributed by atoms with Gasteiger partial charge in [0, 0.05) is 10.4 Å². The summed E-state index contributed by atoms with van der Waals surface area (Å²) < 4.78 is 6.55. The van der Waals surface area contributed by atoms with Gasteiger partial charge in [0.15, 0.2) is 5.78 Å². The van der Waals surface area contributed by atoms with E-state index in [-0.39, 0.29) is 5.78 Å². The first-order valence-corrected chi connectivity index (χ1v) is 7.47. The van der Waals surface area contributed by atoms with Crippen LogP contribution in [0.3, 0.4) is 0 Å². The fourth-order valence-electron chi connectivity index (χ4n) is 1.64. The maximum atomic E-state index is 11.5. The molecule has 0 aliphatic carbocycles. The van der Waals surface area contributed by atoms with Crippen LogP contribution >= 0.6 is 27.5 Å². The van der Waals surface area contributed by atoms with E-state index < -0.39 is 0 Å². The molecule has 0 amide bonds. The van der Waals surface area contributed by atoms with Crippen LogP contribution in [0.15, 0.2) is 22.7 Å². The van der Waals surface area contributed by atoms with E-state index in [9.17, 15) is 4.79 Å². The summed E-state index contributed by atoms with van der Waals surface area (Å²) in [7, 11) is 0. The number of rotatable bonds is 8. The number of benzene rings is 1. The lowest BCUT2D eigenvalue weighted by atomic mass is 10.1. The van der Waals surface area contributed by atoms with Gasteiger partial charge in [0.25, 0.3) is 0 Å². The van der Waals surface area contributed by atoms with Gasteiger partial charge in [-0.2, -0.15) is 0 Å². The van der Waals surface area contributed by atoms with Gasteiger partial charge in [0.1, 0.15) is 5.75 Å². The van der Waals surface area contributed by atoms with Gasteiger partial charge in [-0.3, -0.25) is 4.79 Å².